The third-order valence-electron chi connectivity index (χ3n) is 3.31. The van der Waals surface area contributed by atoms with Crippen molar-refractivity contribution in [3.63, 3.8) is 0 Å². The highest BCUT2D eigenvalue weighted by Crippen LogP contribution is 2.30. The van der Waals surface area contributed by atoms with Crippen molar-refractivity contribution in [1.82, 2.24) is 9.97 Å². The molecule has 1 aromatic rings. The quantitative estimate of drug-likeness (QED) is 0.847. The Hall–Kier alpha value is -1.16. The normalized spacial score (nSPS) is 27.6. The number of hydrogen-bond acceptors (Lipinski definition) is 4. The molecule has 0 bridgehead atoms. The largest absolute Gasteiger partial charge is 0.393 e. The van der Waals surface area contributed by atoms with Gasteiger partial charge in [-0.3, -0.25) is 0 Å². The van der Waals surface area contributed by atoms with E-state index in [2.05, 4.69) is 22.2 Å². The highest BCUT2D eigenvalue weighted by atomic mass is 16.3. The smallest absolute Gasteiger partial charge is 0.129 e. The van der Waals surface area contributed by atoms with Crippen molar-refractivity contribution in [2.24, 2.45) is 5.92 Å². The lowest BCUT2D eigenvalue weighted by Crippen LogP contribution is -2.17. The third-order valence-corrected chi connectivity index (χ3v) is 3.31. The van der Waals surface area contributed by atoms with Gasteiger partial charge in [-0.25, -0.2) is 9.97 Å². The SMILES string of the molecule is C.CC[C@H]1C[C@@H](Nc2ccnc(C)n2)C[C@@H]1O. The molecule has 0 unspecified atom stereocenters. The van der Waals surface area contributed by atoms with Gasteiger partial charge in [-0.15, -0.1) is 0 Å². The lowest BCUT2D eigenvalue weighted by Gasteiger charge is -2.13. The number of hydrogen-bond donors (Lipinski definition) is 2. The molecule has 1 aliphatic carbocycles. The number of rotatable bonds is 3. The van der Waals surface area contributed by atoms with Gasteiger partial charge in [-0.2, -0.15) is 0 Å². The van der Waals surface area contributed by atoms with Crippen LogP contribution >= 0.6 is 0 Å². The van der Waals surface area contributed by atoms with E-state index < -0.39 is 0 Å². The van der Waals surface area contributed by atoms with Crippen molar-refractivity contribution in [3.8, 4) is 0 Å². The first-order valence-corrected chi connectivity index (χ1v) is 5.93. The maximum atomic E-state index is 9.82. The molecule has 1 heterocycles. The van der Waals surface area contributed by atoms with E-state index in [1.54, 1.807) is 6.20 Å². The summed E-state index contributed by atoms with van der Waals surface area (Å²) in [4.78, 5) is 8.37. The van der Waals surface area contributed by atoms with E-state index in [0.717, 1.165) is 30.9 Å². The molecule has 2 N–H and O–H groups in total. The summed E-state index contributed by atoms with van der Waals surface area (Å²) in [6.07, 6.45) is 4.49. The molecule has 1 fully saturated rings. The van der Waals surface area contributed by atoms with E-state index in [1.165, 1.54) is 0 Å². The summed E-state index contributed by atoms with van der Waals surface area (Å²) in [5.74, 6) is 2.07. The van der Waals surface area contributed by atoms with Crippen LogP contribution in [0.1, 0.15) is 39.4 Å². The van der Waals surface area contributed by atoms with E-state index in [0.29, 0.717) is 12.0 Å². The maximum Gasteiger partial charge on any atom is 0.129 e. The molecule has 2 rings (SSSR count). The van der Waals surface area contributed by atoms with Gasteiger partial charge in [0.25, 0.3) is 0 Å². The number of aryl methyl sites for hydroxylation is 1. The Labute approximate surface area is 103 Å². The molecule has 0 amide bonds. The summed E-state index contributed by atoms with van der Waals surface area (Å²) in [7, 11) is 0. The number of aliphatic hydroxyl groups is 1. The first-order valence-electron chi connectivity index (χ1n) is 5.93. The van der Waals surface area contributed by atoms with Crippen molar-refractivity contribution >= 4 is 5.82 Å². The second kappa shape index (κ2) is 5.96. The van der Waals surface area contributed by atoms with Crippen molar-refractivity contribution < 1.29 is 5.11 Å². The lowest BCUT2D eigenvalue weighted by atomic mass is 10.0. The van der Waals surface area contributed by atoms with Crippen molar-refractivity contribution in [3.05, 3.63) is 18.1 Å². The van der Waals surface area contributed by atoms with Crippen molar-refractivity contribution in [2.75, 3.05) is 5.32 Å². The second-order valence-electron chi connectivity index (χ2n) is 4.54. The predicted molar refractivity (Wildman–Crippen MR) is 69.9 cm³/mol. The molecule has 0 radical (unpaired) electrons. The zero-order chi connectivity index (χ0) is 11.5. The number of nitrogens with one attached hydrogen (secondary N) is 1. The van der Waals surface area contributed by atoms with Crippen LogP contribution in [0.4, 0.5) is 5.82 Å². The zero-order valence-corrected chi connectivity index (χ0v) is 9.85. The molecule has 4 nitrogen and oxygen atoms in total. The van der Waals surface area contributed by atoms with Gasteiger partial charge in [-0.05, 0) is 31.7 Å². The molecule has 0 spiro atoms. The maximum absolute atomic E-state index is 9.82. The third kappa shape index (κ3) is 3.40. The number of anilines is 1. The molecule has 17 heavy (non-hydrogen) atoms. The number of nitrogens with zero attached hydrogens (tertiary/aromatic N) is 2. The Balaban J connectivity index is 0.00000144. The number of aliphatic hydroxyl groups excluding tert-OH is 1. The summed E-state index contributed by atoms with van der Waals surface area (Å²) >= 11 is 0. The standard InChI is InChI=1S/C12H19N3O.CH4/c1-3-9-6-10(7-11(9)16)15-12-4-5-13-8(2)14-12;/h4-5,9-11,16H,3,6-7H2,1-2H3,(H,13,14,15);1H4/t9-,10+,11-;/m0./s1. The summed E-state index contributed by atoms with van der Waals surface area (Å²) in [5.41, 5.74) is 0. The Morgan fingerprint density at radius 2 is 2.24 bits per heavy atom. The molecule has 0 aromatic carbocycles. The summed E-state index contributed by atoms with van der Waals surface area (Å²) in [6, 6.07) is 2.22. The van der Waals surface area contributed by atoms with Gasteiger partial charge < -0.3 is 10.4 Å². The van der Waals surface area contributed by atoms with Crippen LogP contribution in [0, 0.1) is 12.8 Å². The monoisotopic (exact) mass is 237 g/mol. The minimum Gasteiger partial charge on any atom is -0.393 e. The fourth-order valence-electron chi connectivity index (χ4n) is 2.41. The van der Waals surface area contributed by atoms with Crippen LogP contribution in [0.2, 0.25) is 0 Å². The van der Waals surface area contributed by atoms with Crippen LogP contribution in [0.3, 0.4) is 0 Å². The van der Waals surface area contributed by atoms with Crippen LogP contribution in [0.25, 0.3) is 0 Å². The summed E-state index contributed by atoms with van der Waals surface area (Å²) in [5, 5.41) is 13.2. The topological polar surface area (TPSA) is 58.0 Å². The average Bonchev–Trinajstić information content (AvgIpc) is 2.58. The lowest BCUT2D eigenvalue weighted by molar-refractivity contribution is 0.130. The highest BCUT2D eigenvalue weighted by Gasteiger charge is 2.31. The van der Waals surface area contributed by atoms with E-state index in [-0.39, 0.29) is 13.5 Å². The van der Waals surface area contributed by atoms with Gasteiger partial charge in [0.05, 0.1) is 6.10 Å². The highest BCUT2D eigenvalue weighted by molar-refractivity contribution is 5.34. The molecule has 4 heteroatoms. The van der Waals surface area contributed by atoms with Crippen LogP contribution < -0.4 is 5.32 Å². The molecular weight excluding hydrogens is 214 g/mol. The number of aromatic nitrogens is 2. The molecule has 3 atom stereocenters. The fourth-order valence-corrected chi connectivity index (χ4v) is 2.41. The van der Waals surface area contributed by atoms with E-state index >= 15 is 0 Å². The first-order chi connectivity index (χ1) is 7.69. The first kappa shape index (κ1) is 13.9. The van der Waals surface area contributed by atoms with Gasteiger partial charge in [0.15, 0.2) is 0 Å². The van der Waals surface area contributed by atoms with Crippen LogP contribution in [-0.4, -0.2) is 27.2 Å². The Morgan fingerprint density at radius 1 is 1.47 bits per heavy atom. The van der Waals surface area contributed by atoms with Crippen LogP contribution in [0.15, 0.2) is 12.3 Å². The minimum atomic E-state index is -0.162. The molecule has 96 valence electrons. The minimum absolute atomic E-state index is 0. The molecule has 1 aliphatic rings. The zero-order valence-electron chi connectivity index (χ0n) is 9.85. The molecule has 0 aliphatic heterocycles. The predicted octanol–water partition coefficient (Wildman–Crippen LogP) is 2.38. The van der Waals surface area contributed by atoms with Crippen molar-refractivity contribution in [2.45, 2.75) is 52.7 Å². The van der Waals surface area contributed by atoms with Gasteiger partial charge in [0.1, 0.15) is 11.6 Å². The fraction of sp³-hybridized carbons (Fsp3) is 0.692. The molecular formula is C13H23N3O. The second-order valence-corrected chi connectivity index (χ2v) is 4.54. The Morgan fingerprint density at radius 3 is 2.82 bits per heavy atom. The summed E-state index contributed by atoms with van der Waals surface area (Å²) in [6.45, 7) is 4.01. The van der Waals surface area contributed by atoms with E-state index in [4.69, 9.17) is 0 Å². The Bertz CT molecular complexity index is 356. The molecule has 1 saturated carbocycles. The molecule has 0 saturated heterocycles. The van der Waals surface area contributed by atoms with E-state index in [1.807, 2.05) is 13.0 Å². The van der Waals surface area contributed by atoms with Crippen LogP contribution in [0.5, 0.6) is 0 Å². The van der Waals surface area contributed by atoms with Gasteiger partial charge in [0.2, 0.25) is 0 Å². The Kier molecular flexibility index (Phi) is 4.87. The van der Waals surface area contributed by atoms with Crippen LogP contribution in [-0.2, 0) is 0 Å². The molecule has 1 aromatic heterocycles. The van der Waals surface area contributed by atoms with Crippen molar-refractivity contribution in [1.29, 1.82) is 0 Å². The van der Waals surface area contributed by atoms with Gasteiger partial charge in [0, 0.05) is 12.2 Å². The van der Waals surface area contributed by atoms with Gasteiger partial charge in [-0.1, -0.05) is 20.8 Å². The van der Waals surface area contributed by atoms with E-state index in [9.17, 15) is 5.11 Å². The van der Waals surface area contributed by atoms with Gasteiger partial charge >= 0.3 is 0 Å². The average molecular weight is 237 g/mol. The summed E-state index contributed by atoms with van der Waals surface area (Å²) < 4.78 is 0.